The number of nitrogens with one attached hydrogen (secondary N) is 1. The standard InChI is InChI=1S/C34H44N2O8/c1-32(2)15-22-20(8-9-25-33(3,43-25)11-10-23(22)32)14-19-6-4-5-7-21(19)17-36-28-30(38)42-24-16-34(28,31(39)35-12-13-37)29(44-36)27-26(24)40-18-41-27/h4-7,14,22-29,37H,8-13,15-18H2,1-3H3,(H,35,39). The van der Waals surface area contributed by atoms with Gasteiger partial charge in [0.25, 0.3) is 0 Å². The molecule has 4 heterocycles. The maximum absolute atomic E-state index is 13.8. The molecule has 10 atom stereocenters. The van der Waals surface area contributed by atoms with Crippen molar-refractivity contribution in [2.45, 2.75) is 108 Å². The molecule has 10 nitrogen and oxygen atoms in total. The number of allylic oxidation sites excluding steroid dienone is 1. The van der Waals surface area contributed by atoms with Gasteiger partial charge in [0, 0.05) is 13.0 Å². The first-order valence-corrected chi connectivity index (χ1v) is 16.4. The normalized spacial score (nSPS) is 44.3. The minimum absolute atomic E-state index is 0.0353. The molecule has 238 valence electrons. The van der Waals surface area contributed by atoms with Gasteiger partial charge >= 0.3 is 5.97 Å². The number of amides is 1. The number of rotatable bonds is 6. The molecule has 3 saturated carbocycles. The highest BCUT2D eigenvalue weighted by Gasteiger charge is 2.74. The molecule has 1 amide bonds. The molecule has 8 rings (SSSR count). The lowest BCUT2D eigenvalue weighted by Gasteiger charge is -2.53. The molecule has 2 bridgehead atoms. The molecule has 0 aromatic heterocycles. The molecule has 44 heavy (non-hydrogen) atoms. The second-order valence-corrected chi connectivity index (χ2v) is 14.9. The van der Waals surface area contributed by atoms with E-state index in [9.17, 15) is 14.7 Å². The predicted molar refractivity (Wildman–Crippen MR) is 157 cm³/mol. The molecule has 1 aromatic rings. The van der Waals surface area contributed by atoms with Gasteiger partial charge in [0.2, 0.25) is 5.91 Å². The minimum Gasteiger partial charge on any atom is -0.458 e. The molecule has 10 heteroatoms. The Balaban J connectivity index is 1.12. The van der Waals surface area contributed by atoms with Crippen molar-refractivity contribution >= 4 is 18.0 Å². The van der Waals surface area contributed by atoms with Gasteiger partial charge in [0.05, 0.1) is 24.9 Å². The van der Waals surface area contributed by atoms with Crippen LogP contribution in [0.1, 0.15) is 70.4 Å². The van der Waals surface area contributed by atoms with Crippen molar-refractivity contribution in [1.29, 1.82) is 0 Å². The number of ether oxygens (including phenoxy) is 4. The highest BCUT2D eigenvalue weighted by molar-refractivity contribution is 5.93. The fraction of sp³-hybridized carbons (Fsp3) is 0.706. The molecule has 2 N–H and O–H groups in total. The van der Waals surface area contributed by atoms with Crippen LogP contribution in [0.2, 0.25) is 0 Å². The summed E-state index contributed by atoms with van der Waals surface area (Å²) in [6, 6.07) is 7.32. The van der Waals surface area contributed by atoms with Gasteiger partial charge < -0.3 is 29.4 Å². The first kappa shape index (κ1) is 29.1. The Labute approximate surface area is 258 Å². The van der Waals surface area contributed by atoms with Crippen LogP contribution in [0.25, 0.3) is 6.08 Å². The Hall–Kier alpha value is -2.34. The number of nitrogens with zero attached hydrogens (tertiary/aromatic N) is 1. The summed E-state index contributed by atoms with van der Waals surface area (Å²) in [5, 5.41) is 13.9. The molecular formula is C34H44N2O8. The smallest absolute Gasteiger partial charge is 0.327 e. The quantitative estimate of drug-likeness (QED) is 0.371. The minimum atomic E-state index is -1.21. The molecule has 0 spiro atoms. The van der Waals surface area contributed by atoms with Crippen LogP contribution in [-0.2, 0) is 39.9 Å². The van der Waals surface area contributed by atoms with Crippen molar-refractivity contribution in [2.24, 2.45) is 22.7 Å². The number of aliphatic hydroxyl groups is 1. The highest BCUT2D eigenvalue weighted by Crippen LogP contribution is 2.60. The van der Waals surface area contributed by atoms with E-state index < -0.39 is 41.8 Å². The number of aliphatic hydroxyl groups excluding tert-OH is 1. The van der Waals surface area contributed by atoms with Crippen LogP contribution in [0.3, 0.4) is 0 Å². The highest BCUT2D eigenvalue weighted by atomic mass is 16.8. The number of hydrogen-bond acceptors (Lipinski definition) is 9. The van der Waals surface area contributed by atoms with Crippen LogP contribution in [0.4, 0.5) is 0 Å². The Kier molecular flexibility index (Phi) is 6.83. The van der Waals surface area contributed by atoms with Crippen molar-refractivity contribution in [3.63, 3.8) is 0 Å². The van der Waals surface area contributed by atoms with Crippen molar-refractivity contribution in [3.8, 4) is 0 Å². The van der Waals surface area contributed by atoms with E-state index in [0.717, 1.165) is 30.4 Å². The Morgan fingerprint density at radius 3 is 2.77 bits per heavy atom. The van der Waals surface area contributed by atoms with Gasteiger partial charge in [-0.15, -0.1) is 0 Å². The molecular weight excluding hydrogens is 564 g/mol. The summed E-state index contributed by atoms with van der Waals surface area (Å²) < 4.78 is 23.8. The fourth-order valence-electron chi connectivity index (χ4n) is 9.56. The van der Waals surface area contributed by atoms with Gasteiger partial charge in [-0.25, -0.2) is 0 Å². The molecule has 7 fully saturated rings. The number of hydroxylamine groups is 2. The van der Waals surface area contributed by atoms with Gasteiger partial charge in [-0.3, -0.25) is 14.4 Å². The number of epoxide rings is 1. The van der Waals surface area contributed by atoms with Gasteiger partial charge in [-0.05, 0) is 67.4 Å². The zero-order valence-electron chi connectivity index (χ0n) is 25.8. The van der Waals surface area contributed by atoms with Gasteiger partial charge in [-0.1, -0.05) is 49.8 Å². The van der Waals surface area contributed by atoms with Crippen molar-refractivity contribution in [3.05, 3.63) is 41.0 Å². The van der Waals surface area contributed by atoms with E-state index in [1.807, 2.05) is 6.07 Å². The number of esters is 1. The van der Waals surface area contributed by atoms with Crippen LogP contribution in [0.15, 0.2) is 29.8 Å². The molecule has 3 aliphatic carbocycles. The summed E-state index contributed by atoms with van der Waals surface area (Å²) in [7, 11) is 0. The second kappa shape index (κ2) is 10.3. The van der Waals surface area contributed by atoms with Crippen LogP contribution in [0.5, 0.6) is 0 Å². The monoisotopic (exact) mass is 608 g/mol. The van der Waals surface area contributed by atoms with E-state index in [-0.39, 0.29) is 37.9 Å². The lowest BCUT2D eigenvalue weighted by molar-refractivity contribution is -0.201. The Bertz CT molecular complexity index is 1380. The van der Waals surface area contributed by atoms with Crippen LogP contribution in [0, 0.1) is 22.7 Å². The molecule has 1 aromatic carbocycles. The largest absolute Gasteiger partial charge is 0.458 e. The molecule has 0 radical (unpaired) electrons. The lowest BCUT2D eigenvalue weighted by Crippen LogP contribution is -2.69. The van der Waals surface area contributed by atoms with E-state index in [2.05, 4.69) is 50.4 Å². The third-order valence-electron chi connectivity index (χ3n) is 12.0. The zero-order valence-corrected chi connectivity index (χ0v) is 25.8. The summed E-state index contributed by atoms with van der Waals surface area (Å²) in [5.41, 5.74) is 2.74. The summed E-state index contributed by atoms with van der Waals surface area (Å²) in [6.45, 7) is 7.33. The maximum Gasteiger partial charge on any atom is 0.327 e. The summed E-state index contributed by atoms with van der Waals surface area (Å²) in [6.07, 6.45) is 6.21. The van der Waals surface area contributed by atoms with E-state index in [0.29, 0.717) is 29.9 Å². The van der Waals surface area contributed by atoms with Crippen LogP contribution < -0.4 is 5.32 Å². The topological polar surface area (TPSA) is 119 Å². The van der Waals surface area contributed by atoms with Gasteiger partial charge in [0.15, 0.2) is 6.04 Å². The number of hydrogen-bond donors (Lipinski definition) is 2. The molecule has 10 unspecified atom stereocenters. The average Bonchev–Trinajstić information content (AvgIpc) is 3.30. The van der Waals surface area contributed by atoms with Crippen molar-refractivity contribution in [1.82, 2.24) is 10.4 Å². The van der Waals surface area contributed by atoms with Crippen molar-refractivity contribution in [2.75, 3.05) is 19.9 Å². The number of benzene rings is 1. The average molecular weight is 609 g/mol. The first-order chi connectivity index (χ1) is 21.1. The van der Waals surface area contributed by atoms with E-state index >= 15 is 0 Å². The number of carbonyl (C=O) groups excluding carboxylic acids is 2. The Morgan fingerprint density at radius 1 is 1.14 bits per heavy atom. The van der Waals surface area contributed by atoms with Gasteiger partial charge in [-0.2, -0.15) is 5.06 Å². The predicted octanol–water partition coefficient (Wildman–Crippen LogP) is 3.11. The van der Waals surface area contributed by atoms with Crippen LogP contribution >= 0.6 is 0 Å². The fourth-order valence-corrected chi connectivity index (χ4v) is 9.56. The SMILES string of the molecule is CC1(C)CC2C(=Cc3ccccc3CN3OC4C5OCOC5C5CC4(C(=O)NCCO)C3C(=O)O5)CCC3OC3(C)CCC21. The molecule has 7 aliphatic rings. The van der Waals surface area contributed by atoms with Gasteiger partial charge in [0.1, 0.15) is 36.6 Å². The number of fused-ring (bicyclic) bond motifs is 6. The van der Waals surface area contributed by atoms with Crippen molar-refractivity contribution < 1.29 is 38.5 Å². The summed E-state index contributed by atoms with van der Waals surface area (Å²) >= 11 is 0. The van der Waals surface area contributed by atoms with E-state index in [4.69, 9.17) is 23.8 Å². The maximum atomic E-state index is 13.8. The van der Waals surface area contributed by atoms with E-state index in [1.54, 1.807) is 5.06 Å². The number of carbonyl (C=O) groups is 2. The third kappa shape index (κ3) is 4.36. The molecule has 4 aliphatic heterocycles. The van der Waals surface area contributed by atoms with E-state index in [1.165, 1.54) is 18.4 Å². The summed E-state index contributed by atoms with van der Waals surface area (Å²) in [5.74, 6) is 0.379. The van der Waals surface area contributed by atoms with Crippen LogP contribution in [-0.4, -0.2) is 84.2 Å². The first-order valence-electron chi connectivity index (χ1n) is 16.4. The lowest BCUT2D eigenvalue weighted by atomic mass is 9.52. The third-order valence-corrected chi connectivity index (χ3v) is 12.0. The summed E-state index contributed by atoms with van der Waals surface area (Å²) in [4.78, 5) is 34.0. The Morgan fingerprint density at radius 2 is 1.95 bits per heavy atom. The zero-order chi connectivity index (χ0) is 30.4. The molecule has 4 saturated heterocycles. The second-order valence-electron chi connectivity index (χ2n) is 14.9.